The summed E-state index contributed by atoms with van der Waals surface area (Å²) in [7, 11) is 3.22. The first-order valence-electron chi connectivity index (χ1n) is 11.2. The Bertz CT molecular complexity index is 1120. The van der Waals surface area contributed by atoms with E-state index in [2.05, 4.69) is 31.3 Å². The first kappa shape index (κ1) is 21.9. The number of piperidine rings is 1. The fraction of sp³-hybridized carbons (Fsp3) is 0.385. The number of carbonyl (C=O) groups is 1. The molecule has 1 aromatic heterocycles. The van der Waals surface area contributed by atoms with Crippen molar-refractivity contribution in [3.63, 3.8) is 0 Å². The number of nitrogens with one attached hydrogen (secondary N) is 1. The van der Waals surface area contributed by atoms with Gasteiger partial charge in [0.05, 0.1) is 25.4 Å². The number of likely N-dealkylation sites (tertiary alicyclic amines) is 1. The fourth-order valence-electron chi connectivity index (χ4n) is 4.16. The van der Waals surface area contributed by atoms with Crippen LogP contribution in [-0.2, 0) is 6.42 Å². The Morgan fingerprint density at radius 1 is 1.09 bits per heavy atom. The number of hydrogen-bond acceptors (Lipinski definition) is 5. The number of carbonyl (C=O) groups excluding carboxylic acids is 1. The van der Waals surface area contributed by atoms with Crippen LogP contribution in [-0.4, -0.2) is 43.1 Å². The summed E-state index contributed by atoms with van der Waals surface area (Å²) in [6.07, 6.45) is 3.01. The molecule has 1 fully saturated rings. The van der Waals surface area contributed by atoms with Crippen molar-refractivity contribution in [1.82, 2.24) is 9.88 Å². The van der Waals surface area contributed by atoms with Gasteiger partial charge in [-0.25, -0.2) is 4.98 Å². The highest BCUT2D eigenvalue weighted by molar-refractivity contribution is 6.01. The van der Waals surface area contributed by atoms with E-state index < -0.39 is 0 Å². The topological polar surface area (TPSA) is 63.7 Å². The number of fused-ring (bicyclic) bond motifs is 1. The third-order valence-corrected chi connectivity index (χ3v) is 6.22. The quantitative estimate of drug-likeness (QED) is 0.562. The second kappa shape index (κ2) is 9.47. The van der Waals surface area contributed by atoms with Crippen molar-refractivity contribution in [2.75, 3.05) is 32.6 Å². The number of anilines is 2. The van der Waals surface area contributed by atoms with Crippen LogP contribution in [0.25, 0.3) is 10.9 Å². The lowest BCUT2D eigenvalue weighted by Gasteiger charge is -2.30. The second-order valence-electron chi connectivity index (χ2n) is 8.43. The molecule has 32 heavy (non-hydrogen) atoms. The number of hydrogen-bond donors (Lipinski definition) is 1. The smallest absolute Gasteiger partial charge is 0.272 e. The van der Waals surface area contributed by atoms with E-state index in [4.69, 9.17) is 14.5 Å². The Morgan fingerprint density at radius 2 is 1.81 bits per heavy atom. The highest BCUT2D eigenvalue weighted by atomic mass is 16.5. The van der Waals surface area contributed by atoms with Crippen molar-refractivity contribution in [1.29, 1.82) is 0 Å². The molecule has 1 saturated heterocycles. The summed E-state index contributed by atoms with van der Waals surface area (Å²) in [5, 5.41) is 4.38. The summed E-state index contributed by atoms with van der Waals surface area (Å²) < 4.78 is 11.0. The largest absolute Gasteiger partial charge is 0.493 e. The molecule has 0 radical (unpaired) electrons. The minimum Gasteiger partial charge on any atom is -0.493 e. The zero-order valence-corrected chi connectivity index (χ0v) is 19.3. The zero-order valence-electron chi connectivity index (χ0n) is 19.3. The van der Waals surface area contributed by atoms with Gasteiger partial charge in [0, 0.05) is 30.2 Å². The Balaban J connectivity index is 1.80. The predicted molar refractivity (Wildman–Crippen MR) is 128 cm³/mol. The lowest BCUT2D eigenvalue weighted by molar-refractivity contribution is 0.0691. The van der Waals surface area contributed by atoms with Crippen molar-refractivity contribution in [3.8, 4) is 11.5 Å². The third-order valence-electron chi connectivity index (χ3n) is 6.22. The molecule has 2 heterocycles. The molecule has 3 aromatic rings. The molecular weight excluding hydrogens is 402 g/mol. The lowest BCUT2D eigenvalue weighted by Crippen LogP contribution is -2.38. The van der Waals surface area contributed by atoms with Crippen LogP contribution in [0.5, 0.6) is 11.5 Å². The van der Waals surface area contributed by atoms with Crippen LogP contribution < -0.4 is 14.8 Å². The summed E-state index contributed by atoms with van der Waals surface area (Å²) in [4.78, 5) is 19.9. The van der Waals surface area contributed by atoms with Crippen molar-refractivity contribution in [2.24, 2.45) is 5.92 Å². The number of methoxy groups -OCH3 is 2. The van der Waals surface area contributed by atoms with Gasteiger partial charge in [-0.2, -0.15) is 0 Å². The van der Waals surface area contributed by atoms with Crippen molar-refractivity contribution in [3.05, 3.63) is 53.7 Å². The molecule has 0 atom stereocenters. The minimum atomic E-state index is -0.0288. The van der Waals surface area contributed by atoms with Crippen LogP contribution in [0.1, 0.15) is 42.7 Å². The molecule has 1 amide bonds. The Morgan fingerprint density at radius 3 is 2.50 bits per heavy atom. The van der Waals surface area contributed by atoms with Gasteiger partial charge in [-0.3, -0.25) is 4.79 Å². The van der Waals surface area contributed by atoms with E-state index in [0.29, 0.717) is 28.6 Å². The molecule has 1 N–H and O–H groups in total. The van der Waals surface area contributed by atoms with E-state index in [1.807, 2.05) is 35.2 Å². The van der Waals surface area contributed by atoms with E-state index in [9.17, 15) is 4.79 Å². The molecule has 0 spiro atoms. The van der Waals surface area contributed by atoms with Crippen LogP contribution in [0.15, 0.2) is 42.5 Å². The molecular formula is C26H31N3O3. The van der Waals surface area contributed by atoms with Crippen LogP contribution >= 0.6 is 0 Å². The average Bonchev–Trinajstić information content (AvgIpc) is 2.83. The number of benzene rings is 2. The van der Waals surface area contributed by atoms with Gasteiger partial charge in [0.15, 0.2) is 11.5 Å². The molecule has 4 rings (SSSR count). The fourth-order valence-corrected chi connectivity index (χ4v) is 4.16. The average molecular weight is 434 g/mol. The lowest BCUT2D eigenvalue weighted by atomic mass is 9.99. The summed E-state index contributed by atoms with van der Waals surface area (Å²) >= 11 is 0. The van der Waals surface area contributed by atoms with Crippen LogP contribution in [0.2, 0.25) is 0 Å². The first-order chi connectivity index (χ1) is 15.5. The summed E-state index contributed by atoms with van der Waals surface area (Å²) in [6, 6.07) is 13.9. The van der Waals surface area contributed by atoms with Gasteiger partial charge in [-0.1, -0.05) is 26.0 Å². The minimum absolute atomic E-state index is 0.0288. The van der Waals surface area contributed by atoms with Gasteiger partial charge in [-0.15, -0.1) is 0 Å². The summed E-state index contributed by atoms with van der Waals surface area (Å²) in [6.45, 7) is 5.91. The molecule has 6 heteroatoms. The molecule has 1 aliphatic heterocycles. The molecule has 6 nitrogen and oxygen atoms in total. The number of ether oxygens (including phenoxy) is 2. The van der Waals surface area contributed by atoms with Crippen LogP contribution in [0, 0.1) is 5.92 Å². The molecule has 0 unspecified atom stereocenters. The van der Waals surface area contributed by atoms with Gasteiger partial charge in [0.1, 0.15) is 5.69 Å². The van der Waals surface area contributed by atoms with Gasteiger partial charge < -0.3 is 19.7 Å². The molecule has 0 bridgehead atoms. The van der Waals surface area contributed by atoms with Crippen molar-refractivity contribution in [2.45, 2.75) is 33.1 Å². The van der Waals surface area contributed by atoms with Crippen LogP contribution in [0.3, 0.4) is 0 Å². The standard InChI is InChI=1S/C26H31N3O3/c1-5-18-7-6-8-19(13-18)27-21-15-23(26(30)29-11-9-17(2)10-12-29)28-22-16-25(32-4)24(31-3)14-20(21)22/h6-8,13-17H,5,9-12H2,1-4H3,(H,27,28). The molecule has 0 aliphatic carbocycles. The first-order valence-corrected chi connectivity index (χ1v) is 11.2. The summed E-state index contributed by atoms with van der Waals surface area (Å²) in [5.41, 5.74) is 4.16. The van der Waals surface area contributed by atoms with Gasteiger partial charge in [-0.05, 0) is 55.0 Å². The van der Waals surface area contributed by atoms with Gasteiger partial charge >= 0.3 is 0 Å². The van der Waals surface area contributed by atoms with Gasteiger partial charge in [0.25, 0.3) is 5.91 Å². The number of aryl methyl sites for hydroxylation is 1. The van der Waals surface area contributed by atoms with E-state index in [0.717, 1.165) is 49.1 Å². The predicted octanol–water partition coefficient (Wildman–Crippen LogP) is 5.43. The SMILES string of the molecule is CCc1cccc(Nc2cc(C(=O)N3CCC(C)CC3)nc3cc(OC)c(OC)cc23)c1. The van der Waals surface area contributed by atoms with E-state index in [1.165, 1.54) is 5.56 Å². The van der Waals surface area contributed by atoms with Gasteiger partial charge in [0.2, 0.25) is 0 Å². The van der Waals surface area contributed by atoms with E-state index >= 15 is 0 Å². The van der Waals surface area contributed by atoms with Crippen molar-refractivity contribution >= 4 is 28.2 Å². The molecule has 2 aromatic carbocycles. The number of amides is 1. The molecule has 168 valence electrons. The zero-order chi connectivity index (χ0) is 22.7. The maximum atomic E-state index is 13.3. The maximum Gasteiger partial charge on any atom is 0.272 e. The number of pyridine rings is 1. The van der Waals surface area contributed by atoms with Crippen LogP contribution in [0.4, 0.5) is 11.4 Å². The number of aromatic nitrogens is 1. The Kier molecular flexibility index (Phi) is 6.49. The highest BCUT2D eigenvalue weighted by Crippen LogP contribution is 2.36. The monoisotopic (exact) mass is 433 g/mol. The van der Waals surface area contributed by atoms with Crippen molar-refractivity contribution < 1.29 is 14.3 Å². The third kappa shape index (κ3) is 4.49. The maximum absolute atomic E-state index is 13.3. The Labute approximate surface area is 189 Å². The summed E-state index contributed by atoms with van der Waals surface area (Å²) in [5.74, 6) is 1.83. The normalized spacial score (nSPS) is 14.4. The Hall–Kier alpha value is -3.28. The van der Waals surface area contributed by atoms with E-state index in [-0.39, 0.29) is 5.91 Å². The second-order valence-corrected chi connectivity index (χ2v) is 8.43. The number of rotatable bonds is 6. The molecule has 1 aliphatic rings. The highest BCUT2D eigenvalue weighted by Gasteiger charge is 2.24. The number of nitrogens with zero attached hydrogens (tertiary/aromatic N) is 2. The molecule has 0 saturated carbocycles. The van der Waals surface area contributed by atoms with E-state index in [1.54, 1.807) is 14.2 Å².